The van der Waals surface area contributed by atoms with Gasteiger partial charge in [0.1, 0.15) is 0 Å². The van der Waals surface area contributed by atoms with Crippen molar-refractivity contribution in [2.75, 3.05) is 0 Å². The molecule has 0 bridgehead atoms. The van der Waals surface area contributed by atoms with Gasteiger partial charge in [-0.25, -0.2) is 4.52 Å². The van der Waals surface area contributed by atoms with Crippen LogP contribution >= 0.6 is 0 Å². The van der Waals surface area contributed by atoms with Gasteiger partial charge in [-0.15, -0.1) is 0 Å². The summed E-state index contributed by atoms with van der Waals surface area (Å²) in [6, 6.07) is 23.2. The number of hydrogen-bond donors (Lipinski definition) is 0. The second-order valence-electron chi connectivity index (χ2n) is 7.48. The first-order valence-corrected chi connectivity index (χ1v) is 9.88. The van der Waals surface area contributed by atoms with Gasteiger partial charge in [0.2, 0.25) is 0 Å². The smallest absolute Gasteiger partial charge is 0.0988 e. The fourth-order valence-electron chi connectivity index (χ4n) is 4.62. The molecule has 0 aliphatic rings. The van der Waals surface area contributed by atoms with Crippen LogP contribution in [0.4, 0.5) is 0 Å². The zero-order valence-electron chi connectivity index (χ0n) is 15.9. The van der Waals surface area contributed by atoms with E-state index in [1.807, 2.05) is 41.4 Å². The van der Waals surface area contributed by atoms with E-state index in [9.17, 15) is 0 Å². The molecule has 5 aromatic heterocycles. The quantitative estimate of drug-likeness (QED) is 0.370. The molecule has 5 heteroatoms. The van der Waals surface area contributed by atoms with Crippen LogP contribution in [0, 0.1) is 0 Å². The maximum Gasteiger partial charge on any atom is 0.0988 e. The number of benzene rings is 2. The number of hydrogen-bond acceptors (Lipinski definition) is 3. The average molecular weight is 385 g/mol. The predicted octanol–water partition coefficient (Wildman–Crippen LogP) is 5.48. The van der Waals surface area contributed by atoms with Crippen molar-refractivity contribution in [1.82, 2.24) is 24.1 Å². The Morgan fingerprint density at radius 3 is 2.23 bits per heavy atom. The summed E-state index contributed by atoms with van der Waals surface area (Å²) in [5.41, 5.74) is 8.67. The van der Waals surface area contributed by atoms with E-state index in [4.69, 9.17) is 4.98 Å². The lowest BCUT2D eigenvalue weighted by Gasteiger charge is -2.09. The Kier molecular flexibility index (Phi) is 2.94. The first-order chi connectivity index (χ1) is 14.9. The Balaban J connectivity index is 1.57. The lowest BCUT2D eigenvalue weighted by molar-refractivity contribution is 1.00. The molecular weight excluding hydrogens is 370 g/mol. The summed E-state index contributed by atoms with van der Waals surface area (Å²) < 4.78 is 4.21. The third kappa shape index (κ3) is 1.93. The van der Waals surface area contributed by atoms with Crippen molar-refractivity contribution >= 4 is 38.4 Å². The summed E-state index contributed by atoms with van der Waals surface area (Å²) in [6.45, 7) is 0. The minimum absolute atomic E-state index is 0.966. The molecule has 0 aliphatic heterocycles. The highest BCUT2D eigenvalue weighted by Gasteiger charge is 2.21. The Hall–Kier alpha value is -4.25. The van der Waals surface area contributed by atoms with E-state index in [0.717, 1.165) is 44.0 Å². The summed E-state index contributed by atoms with van der Waals surface area (Å²) in [6.07, 6.45) is 7.51. The SMILES string of the molecule is c1ccc(-c2ccc(-n3c4ccnc5c4c4c3cncc4n3nccc53)cc2)cc1. The molecule has 2 aromatic carbocycles. The molecule has 0 N–H and O–H groups in total. The molecule has 0 spiro atoms. The number of pyridine rings is 3. The molecule has 7 aromatic rings. The van der Waals surface area contributed by atoms with E-state index in [2.05, 4.69) is 69.2 Å². The van der Waals surface area contributed by atoms with Gasteiger partial charge in [0.25, 0.3) is 0 Å². The van der Waals surface area contributed by atoms with Gasteiger partial charge < -0.3 is 4.57 Å². The predicted molar refractivity (Wildman–Crippen MR) is 119 cm³/mol. The van der Waals surface area contributed by atoms with Crippen molar-refractivity contribution in [3.63, 3.8) is 0 Å². The highest BCUT2D eigenvalue weighted by molar-refractivity contribution is 6.25. The molecule has 140 valence electrons. The molecule has 0 atom stereocenters. The van der Waals surface area contributed by atoms with Gasteiger partial charge in [0.15, 0.2) is 0 Å². The van der Waals surface area contributed by atoms with Crippen LogP contribution in [0.5, 0.6) is 0 Å². The Morgan fingerprint density at radius 2 is 1.37 bits per heavy atom. The summed E-state index contributed by atoms with van der Waals surface area (Å²) in [5, 5.41) is 6.82. The zero-order chi connectivity index (χ0) is 19.7. The highest BCUT2D eigenvalue weighted by atomic mass is 15.2. The fraction of sp³-hybridized carbons (Fsp3) is 0. The van der Waals surface area contributed by atoms with Gasteiger partial charge in [-0.2, -0.15) is 5.10 Å². The maximum atomic E-state index is 4.70. The normalized spacial score (nSPS) is 12.0. The van der Waals surface area contributed by atoms with Gasteiger partial charge in [0.05, 0.1) is 46.2 Å². The molecule has 0 saturated carbocycles. The Labute approximate surface area is 171 Å². The van der Waals surface area contributed by atoms with Crippen LogP contribution in [0.1, 0.15) is 0 Å². The van der Waals surface area contributed by atoms with Crippen molar-refractivity contribution in [3.8, 4) is 16.8 Å². The van der Waals surface area contributed by atoms with Crippen LogP contribution < -0.4 is 0 Å². The maximum absolute atomic E-state index is 4.70. The van der Waals surface area contributed by atoms with E-state index in [1.165, 1.54) is 11.1 Å². The third-order valence-corrected chi connectivity index (χ3v) is 5.91. The first kappa shape index (κ1) is 15.6. The van der Waals surface area contributed by atoms with Crippen LogP contribution in [0.25, 0.3) is 55.2 Å². The number of nitrogens with zero attached hydrogens (tertiary/aromatic N) is 5. The Morgan fingerprint density at radius 1 is 0.600 bits per heavy atom. The van der Waals surface area contributed by atoms with Crippen molar-refractivity contribution < 1.29 is 0 Å². The first-order valence-electron chi connectivity index (χ1n) is 9.88. The van der Waals surface area contributed by atoms with E-state index >= 15 is 0 Å². The van der Waals surface area contributed by atoms with E-state index in [-0.39, 0.29) is 0 Å². The van der Waals surface area contributed by atoms with Gasteiger partial charge in [0, 0.05) is 22.7 Å². The largest absolute Gasteiger partial charge is 0.307 e. The van der Waals surface area contributed by atoms with Crippen molar-refractivity contribution in [2.24, 2.45) is 0 Å². The summed E-state index contributed by atoms with van der Waals surface area (Å²) in [4.78, 5) is 9.24. The summed E-state index contributed by atoms with van der Waals surface area (Å²) in [5.74, 6) is 0. The van der Waals surface area contributed by atoms with Crippen LogP contribution in [0.2, 0.25) is 0 Å². The van der Waals surface area contributed by atoms with E-state index in [0.29, 0.717) is 0 Å². The average Bonchev–Trinajstić information content (AvgIpc) is 3.43. The van der Waals surface area contributed by atoms with Crippen LogP contribution in [0.3, 0.4) is 0 Å². The lowest BCUT2D eigenvalue weighted by Crippen LogP contribution is -1.94. The van der Waals surface area contributed by atoms with Crippen molar-refractivity contribution in [1.29, 1.82) is 0 Å². The zero-order valence-corrected chi connectivity index (χ0v) is 15.9. The molecule has 0 aliphatic carbocycles. The number of aromatic nitrogens is 5. The molecule has 5 nitrogen and oxygen atoms in total. The van der Waals surface area contributed by atoms with E-state index in [1.54, 1.807) is 0 Å². The van der Waals surface area contributed by atoms with Crippen molar-refractivity contribution in [2.45, 2.75) is 0 Å². The Bertz CT molecular complexity index is 1590. The van der Waals surface area contributed by atoms with Gasteiger partial charge in [-0.1, -0.05) is 42.5 Å². The van der Waals surface area contributed by atoms with E-state index < -0.39 is 0 Å². The topological polar surface area (TPSA) is 48.0 Å². The molecule has 0 unspecified atom stereocenters. The van der Waals surface area contributed by atoms with Crippen LogP contribution in [-0.4, -0.2) is 24.1 Å². The molecule has 0 amide bonds. The molecular formula is C25H15N5. The molecule has 30 heavy (non-hydrogen) atoms. The summed E-state index contributed by atoms with van der Waals surface area (Å²) >= 11 is 0. The molecule has 0 radical (unpaired) electrons. The minimum atomic E-state index is 0.966. The highest BCUT2D eigenvalue weighted by Crippen LogP contribution is 2.39. The minimum Gasteiger partial charge on any atom is -0.307 e. The third-order valence-electron chi connectivity index (χ3n) is 5.91. The molecule has 0 saturated heterocycles. The molecule has 0 fully saturated rings. The van der Waals surface area contributed by atoms with Gasteiger partial charge in [-0.05, 0) is 35.4 Å². The van der Waals surface area contributed by atoms with Gasteiger partial charge >= 0.3 is 0 Å². The monoisotopic (exact) mass is 385 g/mol. The molecule has 5 heterocycles. The lowest BCUT2D eigenvalue weighted by atomic mass is 10.1. The molecule has 7 rings (SSSR count). The van der Waals surface area contributed by atoms with Crippen molar-refractivity contribution in [3.05, 3.63) is 91.5 Å². The number of rotatable bonds is 2. The second-order valence-corrected chi connectivity index (χ2v) is 7.48. The number of fused-ring (bicyclic) bond motifs is 3. The van der Waals surface area contributed by atoms with Gasteiger partial charge in [-0.3, -0.25) is 9.97 Å². The summed E-state index contributed by atoms with van der Waals surface area (Å²) in [7, 11) is 0. The second kappa shape index (κ2) is 5.64. The van der Waals surface area contributed by atoms with Crippen LogP contribution in [0.15, 0.2) is 91.5 Å². The standard InChI is InChI=1S/C25H15N5/c1-2-4-16(5-3-1)17-6-8-18(9-7-17)29-19-10-12-27-25-20-11-13-28-30(20)22-15-26-14-21(29)23(22)24(19)25/h1-15H. The van der Waals surface area contributed by atoms with Crippen LogP contribution in [-0.2, 0) is 0 Å². The fourth-order valence-corrected chi connectivity index (χ4v) is 4.62.